The van der Waals surface area contributed by atoms with E-state index in [0.29, 0.717) is 11.5 Å². The van der Waals surface area contributed by atoms with Gasteiger partial charge in [0.2, 0.25) is 0 Å². The smallest absolute Gasteiger partial charge is 0.141 e. The van der Waals surface area contributed by atoms with Crippen molar-refractivity contribution in [3.05, 3.63) is 17.5 Å². The fraction of sp³-hybridized carbons (Fsp3) is 0.700. The molecule has 72 valence electrons. The highest BCUT2D eigenvalue weighted by atomic mass is 16.5. The average Bonchev–Trinajstić information content (AvgIpc) is 2.50. The minimum Gasteiger partial charge on any atom is -0.361 e. The molecule has 1 aliphatic carbocycles. The molecule has 1 aromatic heterocycles. The summed E-state index contributed by atoms with van der Waals surface area (Å²) in [6.45, 7) is 4.56. The van der Waals surface area contributed by atoms with Crippen molar-refractivity contribution in [2.24, 2.45) is 5.41 Å². The Labute approximate surface area is 78.5 Å². The van der Waals surface area contributed by atoms with Gasteiger partial charge in [-0.25, -0.2) is 0 Å². The van der Waals surface area contributed by atoms with Gasteiger partial charge in [0.1, 0.15) is 5.76 Å². The van der Waals surface area contributed by atoms with Crippen LogP contribution in [0.1, 0.15) is 37.6 Å². The summed E-state index contributed by atoms with van der Waals surface area (Å²) >= 11 is 0. The van der Waals surface area contributed by atoms with E-state index in [1.54, 1.807) is 0 Å². The zero-order chi connectivity index (χ0) is 9.47. The minimum absolute atomic E-state index is 0.299. The molecule has 1 aromatic rings. The molecule has 1 N–H and O–H groups in total. The van der Waals surface area contributed by atoms with Gasteiger partial charge in [0.25, 0.3) is 0 Å². The number of nitrogens with zero attached hydrogens (tertiary/aromatic N) is 1. The van der Waals surface area contributed by atoms with Crippen LogP contribution in [0.25, 0.3) is 0 Å². The Morgan fingerprint density at radius 1 is 1.62 bits per heavy atom. The molecule has 0 aliphatic heterocycles. The molecule has 13 heavy (non-hydrogen) atoms. The summed E-state index contributed by atoms with van der Waals surface area (Å²) in [4.78, 5) is 0. The highest BCUT2D eigenvalue weighted by molar-refractivity contribution is 5.24. The molecule has 0 fully saturated rings. The van der Waals surface area contributed by atoms with E-state index >= 15 is 0 Å². The molecular formula is C10H16N2O. The molecule has 2 rings (SSSR count). The van der Waals surface area contributed by atoms with Gasteiger partial charge in [-0.2, -0.15) is 0 Å². The van der Waals surface area contributed by atoms with Crippen molar-refractivity contribution in [3.63, 3.8) is 0 Å². The number of hydrogen-bond acceptors (Lipinski definition) is 3. The lowest BCUT2D eigenvalue weighted by Crippen LogP contribution is -2.35. The minimum atomic E-state index is 0.299. The Morgan fingerprint density at radius 2 is 2.38 bits per heavy atom. The molecule has 1 atom stereocenters. The zero-order valence-corrected chi connectivity index (χ0v) is 8.42. The van der Waals surface area contributed by atoms with E-state index in [0.717, 1.165) is 18.6 Å². The Kier molecular flexibility index (Phi) is 1.91. The van der Waals surface area contributed by atoms with E-state index in [9.17, 15) is 0 Å². The summed E-state index contributed by atoms with van der Waals surface area (Å²) in [6, 6.07) is 0.377. The number of hydrogen-bond donors (Lipinski definition) is 1. The Bertz CT molecular complexity index is 304. The second kappa shape index (κ2) is 2.84. The molecule has 1 heterocycles. The SMILES string of the molecule is CNC1c2cnoc2CCC1(C)C. The molecule has 0 saturated carbocycles. The van der Waals surface area contributed by atoms with Crippen LogP contribution in [0.15, 0.2) is 10.7 Å². The van der Waals surface area contributed by atoms with Crippen LogP contribution in [0.4, 0.5) is 0 Å². The normalized spacial score (nSPS) is 25.6. The van der Waals surface area contributed by atoms with E-state index in [2.05, 4.69) is 24.3 Å². The van der Waals surface area contributed by atoms with Gasteiger partial charge in [-0.1, -0.05) is 19.0 Å². The number of aryl methyl sites for hydroxylation is 1. The van der Waals surface area contributed by atoms with Crippen LogP contribution < -0.4 is 5.32 Å². The van der Waals surface area contributed by atoms with Crippen LogP contribution in [0.3, 0.4) is 0 Å². The molecule has 0 bridgehead atoms. The molecule has 0 saturated heterocycles. The first-order valence-corrected chi connectivity index (χ1v) is 4.76. The predicted octanol–water partition coefficient (Wildman–Crippen LogP) is 1.91. The summed E-state index contributed by atoms with van der Waals surface area (Å²) in [6.07, 6.45) is 4.01. The van der Waals surface area contributed by atoms with Crippen LogP contribution in [-0.2, 0) is 6.42 Å². The van der Waals surface area contributed by atoms with Crippen molar-refractivity contribution in [2.75, 3.05) is 7.05 Å². The molecule has 0 radical (unpaired) electrons. The van der Waals surface area contributed by atoms with Gasteiger partial charge in [-0.05, 0) is 18.9 Å². The molecular weight excluding hydrogens is 164 g/mol. The van der Waals surface area contributed by atoms with Crippen molar-refractivity contribution >= 4 is 0 Å². The van der Waals surface area contributed by atoms with Crippen LogP contribution in [-0.4, -0.2) is 12.2 Å². The van der Waals surface area contributed by atoms with E-state index in [-0.39, 0.29) is 0 Å². The molecule has 0 amide bonds. The average molecular weight is 180 g/mol. The van der Waals surface area contributed by atoms with E-state index < -0.39 is 0 Å². The third-order valence-electron chi connectivity index (χ3n) is 3.05. The van der Waals surface area contributed by atoms with Gasteiger partial charge in [0.05, 0.1) is 6.20 Å². The molecule has 1 unspecified atom stereocenters. The molecule has 0 spiro atoms. The number of aromatic nitrogens is 1. The lowest BCUT2D eigenvalue weighted by atomic mass is 9.73. The second-order valence-corrected chi connectivity index (χ2v) is 4.41. The van der Waals surface area contributed by atoms with Gasteiger partial charge in [-0.3, -0.25) is 0 Å². The lowest BCUT2D eigenvalue weighted by Gasteiger charge is -2.37. The van der Waals surface area contributed by atoms with E-state index in [1.165, 1.54) is 5.56 Å². The van der Waals surface area contributed by atoms with E-state index in [1.807, 2.05) is 13.2 Å². The van der Waals surface area contributed by atoms with E-state index in [4.69, 9.17) is 4.52 Å². The maximum Gasteiger partial charge on any atom is 0.141 e. The topological polar surface area (TPSA) is 38.1 Å². The highest BCUT2D eigenvalue weighted by Crippen LogP contribution is 2.42. The van der Waals surface area contributed by atoms with Crippen LogP contribution >= 0.6 is 0 Å². The predicted molar refractivity (Wildman–Crippen MR) is 50.4 cm³/mol. The Hall–Kier alpha value is -0.830. The van der Waals surface area contributed by atoms with Gasteiger partial charge < -0.3 is 9.84 Å². The summed E-state index contributed by atoms with van der Waals surface area (Å²) < 4.78 is 5.19. The number of rotatable bonds is 1. The van der Waals surface area contributed by atoms with Gasteiger partial charge in [0, 0.05) is 18.0 Å². The molecule has 0 aromatic carbocycles. The third-order valence-corrected chi connectivity index (χ3v) is 3.05. The fourth-order valence-electron chi connectivity index (χ4n) is 2.24. The first-order chi connectivity index (χ1) is 6.15. The van der Waals surface area contributed by atoms with Crippen LogP contribution in [0.5, 0.6) is 0 Å². The van der Waals surface area contributed by atoms with Gasteiger partial charge in [-0.15, -0.1) is 0 Å². The standard InChI is InChI=1S/C10H16N2O/c1-10(2)5-4-8-7(6-12-13-8)9(10)11-3/h6,9,11H,4-5H2,1-3H3. The third kappa shape index (κ3) is 1.27. The van der Waals surface area contributed by atoms with Crippen molar-refractivity contribution in [2.45, 2.75) is 32.7 Å². The summed E-state index contributed by atoms with van der Waals surface area (Å²) in [5.74, 6) is 1.05. The van der Waals surface area contributed by atoms with Crippen molar-refractivity contribution in [1.29, 1.82) is 0 Å². The quantitative estimate of drug-likeness (QED) is 0.717. The number of nitrogens with one attached hydrogen (secondary N) is 1. The molecule has 3 nitrogen and oxygen atoms in total. The lowest BCUT2D eigenvalue weighted by molar-refractivity contribution is 0.204. The maximum atomic E-state index is 5.19. The monoisotopic (exact) mass is 180 g/mol. The second-order valence-electron chi connectivity index (χ2n) is 4.41. The van der Waals surface area contributed by atoms with Gasteiger partial charge in [0.15, 0.2) is 0 Å². The van der Waals surface area contributed by atoms with Gasteiger partial charge >= 0.3 is 0 Å². The summed E-state index contributed by atoms with van der Waals surface area (Å²) in [7, 11) is 1.99. The molecule has 3 heteroatoms. The summed E-state index contributed by atoms with van der Waals surface area (Å²) in [5.41, 5.74) is 1.53. The Morgan fingerprint density at radius 3 is 3.08 bits per heavy atom. The van der Waals surface area contributed by atoms with Crippen LogP contribution in [0.2, 0.25) is 0 Å². The highest BCUT2D eigenvalue weighted by Gasteiger charge is 2.36. The van der Waals surface area contributed by atoms with Crippen molar-refractivity contribution in [1.82, 2.24) is 10.5 Å². The molecule has 1 aliphatic rings. The Balaban J connectivity index is 2.41. The largest absolute Gasteiger partial charge is 0.361 e. The van der Waals surface area contributed by atoms with Crippen LogP contribution in [0, 0.1) is 5.41 Å². The maximum absolute atomic E-state index is 5.19. The number of fused-ring (bicyclic) bond motifs is 1. The zero-order valence-electron chi connectivity index (χ0n) is 8.42. The fourth-order valence-corrected chi connectivity index (χ4v) is 2.24. The summed E-state index contributed by atoms with van der Waals surface area (Å²) in [5, 5.41) is 7.19. The first-order valence-electron chi connectivity index (χ1n) is 4.76. The van der Waals surface area contributed by atoms with Crippen molar-refractivity contribution in [3.8, 4) is 0 Å². The first kappa shape index (κ1) is 8.75. The van der Waals surface area contributed by atoms with Crippen molar-refractivity contribution < 1.29 is 4.52 Å².